The molecule has 0 aromatic carbocycles. The molecule has 40 valence electrons. The molecule has 0 aliphatic carbocycles. The average Bonchev–Trinajstić information content (AvgIpc) is 1.68. The molecular weight excluding hydrogens is 233 g/mol. The fourth-order valence-electron chi connectivity index (χ4n) is 0.0192. The summed E-state index contributed by atoms with van der Waals surface area (Å²) < 4.78 is 17.3. The van der Waals surface area contributed by atoms with Crippen LogP contribution in [0, 0.1) is 0 Å². The first-order valence-corrected chi connectivity index (χ1v) is 3.70. The summed E-state index contributed by atoms with van der Waals surface area (Å²) in [6, 6.07) is 0. The molecule has 0 saturated heterocycles. The van der Waals surface area contributed by atoms with E-state index in [1.165, 1.54) is 0 Å². The number of rotatable bonds is 2. The van der Waals surface area contributed by atoms with Crippen LogP contribution in [0.1, 0.15) is 0 Å². The summed E-state index contributed by atoms with van der Waals surface area (Å²) in [6.07, 6.45) is 0. The molecule has 0 heterocycles. The third-order valence-corrected chi connectivity index (χ3v) is 2.48. The van der Waals surface area contributed by atoms with Crippen molar-refractivity contribution in [3.63, 3.8) is 0 Å². The van der Waals surface area contributed by atoms with Crippen LogP contribution in [0.15, 0.2) is 0 Å². The average molecular weight is 235 g/mol. The van der Waals surface area contributed by atoms with Crippen molar-refractivity contribution in [2.75, 3.05) is 0 Å². The van der Waals surface area contributed by atoms with Gasteiger partial charge in [-0.1, -0.05) is 0 Å². The van der Waals surface area contributed by atoms with Gasteiger partial charge in [0.1, 0.15) is 0 Å². The van der Waals surface area contributed by atoms with Crippen LogP contribution in [0.3, 0.4) is 0 Å². The molecule has 1 N–H and O–H groups in total. The number of hydrogen-bond donors (Lipinski definition) is 1. The summed E-state index contributed by atoms with van der Waals surface area (Å²) in [5.41, 5.74) is 0. The predicted molar refractivity (Wildman–Crippen MR) is 24.9 cm³/mol. The van der Waals surface area contributed by atoms with E-state index in [-0.39, 0.29) is 0 Å². The van der Waals surface area contributed by atoms with E-state index >= 15 is 0 Å². The summed E-state index contributed by atoms with van der Waals surface area (Å²) in [4.78, 5) is 8.13. The normalized spacial score (nSPS) is 18.6. The van der Waals surface area contributed by atoms with Crippen molar-refractivity contribution in [3.05, 3.63) is 0 Å². The van der Waals surface area contributed by atoms with E-state index in [0.717, 1.165) is 0 Å². The zero-order chi connectivity index (χ0) is 5.91. The molecular formula is H2BO4PTe. The van der Waals surface area contributed by atoms with Crippen LogP contribution in [0.2, 0.25) is 0 Å². The van der Waals surface area contributed by atoms with Crippen molar-refractivity contribution < 1.29 is 16.8 Å². The molecule has 0 bridgehead atoms. The van der Waals surface area contributed by atoms with Gasteiger partial charge in [-0.2, -0.15) is 0 Å². The molecule has 7 heteroatoms. The second kappa shape index (κ2) is 3.08. The van der Waals surface area contributed by atoms with Crippen molar-refractivity contribution in [2.45, 2.75) is 0 Å². The Morgan fingerprint density at radius 3 is 2.29 bits per heavy atom. The molecule has 0 fully saturated rings. The Hall–Kier alpha value is 0.965. The first kappa shape index (κ1) is 7.96. The van der Waals surface area contributed by atoms with Gasteiger partial charge in [0.2, 0.25) is 0 Å². The summed E-state index contributed by atoms with van der Waals surface area (Å²) in [6.45, 7) is 0. The maximum atomic E-state index is 9.95. The summed E-state index contributed by atoms with van der Waals surface area (Å²) in [5.74, 6) is 0. The van der Waals surface area contributed by atoms with E-state index in [2.05, 4.69) is 15.4 Å². The number of hydrogen-bond acceptors (Lipinski definition) is 3. The Labute approximate surface area is 55.7 Å². The van der Waals surface area contributed by atoms with Gasteiger partial charge in [0, 0.05) is 0 Å². The Balaban J connectivity index is 3.61. The second-order valence-electron chi connectivity index (χ2n) is 0.656. The minimum absolute atomic E-state index is 0.704. The van der Waals surface area contributed by atoms with Crippen molar-refractivity contribution in [1.29, 1.82) is 0 Å². The van der Waals surface area contributed by atoms with Gasteiger partial charge in [-0.05, 0) is 0 Å². The van der Waals surface area contributed by atoms with Crippen LogP contribution in [0.25, 0.3) is 0 Å². The number of phosphoric acid groups is 1. The molecule has 0 rings (SSSR count). The van der Waals surface area contributed by atoms with Gasteiger partial charge < -0.3 is 0 Å². The molecule has 1 unspecified atom stereocenters. The summed E-state index contributed by atoms with van der Waals surface area (Å²) >= 11 is 0.704. The van der Waals surface area contributed by atoms with Crippen molar-refractivity contribution in [1.82, 2.24) is 0 Å². The topological polar surface area (TPSA) is 55.8 Å². The monoisotopic (exact) mass is 238 g/mol. The SMILES string of the molecule is [B]OP(=O)(O)O[TeH]. The molecule has 0 aliphatic rings. The van der Waals surface area contributed by atoms with E-state index in [1.54, 1.807) is 0 Å². The standard InChI is InChI=1S/BH2O4PTe/c1-4-6(2,3)5-7/h7H,(H,2,3). The molecule has 0 aliphatic heterocycles. The van der Waals surface area contributed by atoms with E-state index in [0.29, 0.717) is 22.7 Å². The van der Waals surface area contributed by atoms with Crippen LogP contribution < -0.4 is 0 Å². The van der Waals surface area contributed by atoms with Crippen molar-refractivity contribution in [2.24, 2.45) is 0 Å². The van der Waals surface area contributed by atoms with E-state index in [1.807, 2.05) is 0 Å². The van der Waals surface area contributed by atoms with E-state index in [4.69, 9.17) is 4.89 Å². The van der Waals surface area contributed by atoms with E-state index in [9.17, 15) is 4.57 Å². The molecule has 0 spiro atoms. The van der Waals surface area contributed by atoms with Gasteiger partial charge in [0.05, 0.1) is 0 Å². The van der Waals surface area contributed by atoms with Crippen molar-refractivity contribution >= 4 is 38.6 Å². The van der Waals surface area contributed by atoms with Crippen LogP contribution in [-0.4, -0.2) is 35.6 Å². The Bertz CT molecular complexity index is 83.7. The Kier molecular flexibility index (Phi) is 3.51. The first-order chi connectivity index (χ1) is 3.12. The quantitative estimate of drug-likeness (QED) is 0.494. The van der Waals surface area contributed by atoms with Gasteiger partial charge in [-0.3, -0.25) is 0 Å². The zero-order valence-electron chi connectivity index (χ0n) is 3.14. The predicted octanol–water partition coefficient (Wildman–Crippen LogP) is -0.981. The van der Waals surface area contributed by atoms with Gasteiger partial charge in [-0.15, -0.1) is 0 Å². The summed E-state index contributed by atoms with van der Waals surface area (Å²) in [5, 5.41) is 0. The van der Waals surface area contributed by atoms with Gasteiger partial charge in [0.15, 0.2) is 0 Å². The fraction of sp³-hybridized carbons (Fsp3) is 0. The molecule has 0 aromatic heterocycles. The van der Waals surface area contributed by atoms with Crippen LogP contribution >= 0.6 is 7.82 Å². The fourth-order valence-corrected chi connectivity index (χ4v) is 0.387. The first-order valence-electron chi connectivity index (χ1n) is 1.17. The molecule has 0 saturated carbocycles. The molecule has 2 radical (unpaired) electrons. The van der Waals surface area contributed by atoms with Crippen molar-refractivity contribution in [3.8, 4) is 0 Å². The van der Waals surface area contributed by atoms with Crippen LogP contribution in [0.5, 0.6) is 0 Å². The summed E-state index contributed by atoms with van der Waals surface area (Å²) in [7, 11) is 0.432. The third-order valence-electron chi connectivity index (χ3n) is 0.236. The Morgan fingerprint density at radius 1 is 1.86 bits per heavy atom. The van der Waals surface area contributed by atoms with Gasteiger partial charge in [0.25, 0.3) is 0 Å². The van der Waals surface area contributed by atoms with Gasteiger partial charge in [-0.25, -0.2) is 0 Å². The van der Waals surface area contributed by atoms with Crippen LogP contribution in [-0.2, 0) is 11.9 Å². The molecule has 0 aromatic rings. The zero-order valence-corrected chi connectivity index (χ0v) is 6.59. The second-order valence-corrected chi connectivity index (χ2v) is 3.37. The minimum atomic E-state index is -3.85. The van der Waals surface area contributed by atoms with Gasteiger partial charge >= 0.3 is 55.4 Å². The third kappa shape index (κ3) is 3.54. The molecule has 0 amide bonds. The van der Waals surface area contributed by atoms with E-state index < -0.39 is 7.82 Å². The maximum absolute atomic E-state index is 9.95. The Morgan fingerprint density at radius 2 is 2.29 bits per heavy atom. The molecule has 1 atom stereocenters. The van der Waals surface area contributed by atoms with Crippen LogP contribution in [0.4, 0.5) is 0 Å². The molecule has 4 nitrogen and oxygen atoms in total. The molecule has 7 heavy (non-hydrogen) atoms.